The minimum Gasteiger partial charge on any atom is -0.378 e. The summed E-state index contributed by atoms with van der Waals surface area (Å²) < 4.78 is 10.7. The predicted molar refractivity (Wildman–Crippen MR) is 96.2 cm³/mol. The van der Waals surface area contributed by atoms with Crippen molar-refractivity contribution in [2.24, 2.45) is 0 Å². The summed E-state index contributed by atoms with van der Waals surface area (Å²) in [6.45, 7) is 3.53. The highest BCUT2D eigenvalue weighted by molar-refractivity contribution is 5.94. The van der Waals surface area contributed by atoms with Crippen LogP contribution in [0.3, 0.4) is 0 Å². The molecule has 1 aliphatic heterocycles. The molecule has 26 heavy (non-hydrogen) atoms. The van der Waals surface area contributed by atoms with E-state index >= 15 is 0 Å². The van der Waals surface area contributed by atoms with E-state index in [1.165, 1.54) is 12.8 Å². The third-order valence-corrected chi connectivity index (χ3v) is 5.10. The lowest BCUT2D eigenvalue weighted by molar-refractivity contribution is 0.0949. The Kier molecular flexibility index (Phi) is 5.15. The molecule has 4 rings (SSSR count). The summed E-state index contributed by atoms with van der Waals surface area (Å²) in [5.74, 6) is 1.50. The molecule has 1 amide bonds. The molecular weight excluding hydrogens is 332 g/mol. The van der Waals surface area contributed by atoms with Crippen molar-refractivity contribution >= 4 is 11.6 Å². The van der Waals surface area contributed by atoms with Crippen LogP contribution in [0.1, 0.15) is 53.7 Å². The van der Waals surface area contributed by atoms with E-state index in [1.807, 2.05) is 24.3 Å². The maximum atomic E-state index is 12.3. The molecular formula is C19H24N4O3. The number of rotatable bonds is 5. The second-order valence-corrected chi connectivity index (χ2v) is 6.86. The Morgan fingerprint density at radius 2 is 1.88 bits per heavy atom. The molecule has 2 heterocycles. The molecule has 2 aromatic rings. The molecule has 2 fully saturated rings. The minimum absolute atomic E-state index is 0.134. The Bertz CT molecular complexity index is 731. The molecule has 7 heteroatoms. The van der Waals surface area contributed by atoms with Crippen molar-refractivity contribution in [1.29, 1.82) is 0 Å². The van der Waals surface area contributed by atoms with E-state index in [-0.39, 0.29) is 12.5 Å². The fraction of sp³-hybridized carbons (Fsp3) is 0.526. The number of hydrogen-bond donors (Lipinski definition) is 1. The number of morpholine rings is 1. The standard InChI is InChI=1S/C19H24N4O3/c24-18(14-5-7-16(8-6-14)23-9-11-25-12-10-23)20-13-17-21-19(26-22-17)15-3-1-2-4-15/h5-8,15H,1-4,9-13H2,(H,20,24). The van der Waals surface area contributed by atoms with Crippen LogP contribution >= 0.6 is 0 Å². The highest BCUT2D eigenvalue weighted by Gasteiger charge is 2.23. The Morgan fingerprint density at radius 3 is 2.62 bits per heavy atom. The normalized spacial score (nSPS) is 18.2. The molecule has 1 aromatic heterocycles. The average molecular weight is 356 g/mol. The van der Waals surface area contributed by atoms with Crippen molar-refractivity contribution in [2.75, 3.05) is 31.2 Å². The highest BCUT2D eigenvalue weighted by atomic mass is 16.5. The maximum Gasteiger partial charge on any atom is 0.251 e. The fourth-order valence-electron chi connectivity index (χ4n) is 3.58. The number of carbonyl (C=O) groups excluding carboxylic acids is 1. The molecule has 0 spiro atoms. The Hall–Kier alpha value is -2.41. The first kappa shape index (κ1) is 17.0. The third-order valence-electron chi connectivity index (χ3n) is 5.10. The second kappa shape index (κ2) is 7.86. The van der Waals surface area contributed by atoms with Crippen LogP contribution in [0.5, 0.6) is 0 Å². The zero-order valence-corrected chi connectivity index (χ0v) is 14.8. The summed E-state index contributed by atoms with van der Waals surface area (Å²) in [7, 11) is 0. The van der Waals surface area contributed by atoms with Crippen LogP contribution in [0.2, 0.25) is 0 Å². The van der Waals surface area contributed by atoms with Gasteiger partial charge in [0, 0.05) is 30.3 Å². The molecule has 2 aliphatic rings. The summed E-state index contributed by atoms with van der Waals surface area (Å²) >= 11 is 0. The Morgan fingerprint density at radius 1 is 1.15 bits per heavy atom. The molecule has 1 aliphatic carbocycles. The van der Waals surface area contributed by atoms with Crippen LogP contribution in [0, 0.1) is 0 Å². The Balaban J connectivity index is 1.31. The van der Waals surface area contributed by atoms with Gasteiger partial charge in [0.1, 0.15) is 0 Å². The lowest BCUT2D eigenvalue weighted by Gasteiger charge is -2.28. The van der Waals surface area contributed by atoms with Crippen LogP contribution < -0.4 is 10.2 Å². The molecule has 1 saturated heterocycles. The number of carbonyl (C=O) groups is 1. The van der Waals surface area contributed by atoms with Gasteiger partial charge in [0.15, 0.2) is 5.82 Å². The molecule has 0 radical (unpaired) electrons. The van der Waals surface area contributed by atoms with Gasteiger partial charge in [0.25, 0.3) is 5.91 Å². The van der Waals surface area contributed by atoms with E-state index < -0.39 is 0 Å². The van der Waals surface area contributed by atoms with Crippen LogP contribution in [-0.4, -0.2) is 42.4 Å². The molecule has 1 aromatic carbocycles. The van der Waals surface area contributed by atoms with Crippen molar-refractivity contribution in [3.8, 4) is 0 Å². The van der Waals surface area contributed by atoms with Crippen molar-refractivity contribution in [2.45, 2.75) is 38.1 Å². The van der Waals surface area contributed by atoms with Crippen LogP contribution in [0.15, 0.2) is 28.8 Å². The average Bonchev–Trinajstić information content (AvgIpc) is 3.38. The number of aromatic nitrogens is 2. The van der Waals surface area contributed by atoms with Crippen molar-refractivity contribution in [1.82, 2.24) is 15.5 Å². The lowest BCUT2D eigenvalue weighted by Crippen LogP contribution is -2.36. The maximum absolute atomic E-state index is 12.3. The van der Waals surface area contributed by atoms with Crippen LogP contribution in [-0.2, 0) is 11.3 Å². The van der Waals surface area contributed by atoms with Crippen molar-refractivity contribution < 1.29 is 14.1 Å². The van der Waals surface area contributed by atoms with E-state index in [1.54, 1.807) is 0 Å². The van der Waals surface area contributed by atoms with Crippen LogP contribution in [0.25, 0.3) is 0 Å². The molecule has 7 nitrogen and oxygen atoms in total. The number of ether oxygens (including phenoxy) is 1. The van der Waals surface area contributed by atoms with Gasteiger partial charge in [0.2, 0.25) is 5.89 Å². The Labute approximate surface area is 152 Å². The lowest BCUT2D eigenvalue weighted by atomic mass is 10.1. The zero-order valence-electron chi connectivity index (χ0n) is 14.8. The van der Waals surface area contributed by atoms with E-state index in [9.17, 15) is 4.79 Å². The van der Waals surface area contributed by atoms with E-state index in [0.29, 0.717) is 23.2 Å². The number of amides is 1. The first-order valence-corrected chi connectivity index (χ1v) is 9.33. The molecule has 1 N–H and O–H groups in total. The molecule has 1 saturated carbocycles. The summed E-state index contributed by atoms with van der Waals surface area (Å²) in [6.07, 6.45) is 4.67. The summed E-state index contributed by atoms with van der Waals surface area (Å²) in [5.41, 5.74) is 1.74. The topological polar surface area (TPSA) is 80.5 Å². The summed E-state index contributed by atoms with van der Waals surface area (Å²) in [4.78, 5) is 19.0. The van der Waals surface area contributed by atoms with Gasteiger partial charge in [-0.25, -0.2) is 0 Å². The van der Waals surface area contributed by atoms with Gasteiger partial charge < -0.3 is 19.5 Å². The molecule has 0 bridgehead atoms. The van der Waals surface area contributed by atoms with E-state index in [2.05, 4.69) is 20.4 Å². The monoisotopic (exact) mass is 356 g/mol. The largest absolute Gasteiger partial charge is 0.378 e. The molecule has 0 atom stereocenters. The third kappa shape index (κ3) is 3.88. The number of anilines is 1. The van der Waals surface area contributed by atoms with Gasteiger partial charge >= 0.3 is 0 Å². The molecule has 138 valence electrons. The molecule has 0 unspecified atom stereocenters. The highest BCUT2D eigenvalue weighted by Crippen LogP contribution is 2.32. The van der Waals surface area contributed by atoms with Gasteiger partial charge in [-0.05, 0) is 37.1 Å². The first-order valence-electron chi connectivity index (χ1n) is 9.33. The summed E-state index contributed by atoms with van der Waals surface area (Å²) in [6, 6.07) is 7.65. The second-order valence-electron chi connectivity index (χ2n) is 6.86. The smallest absolute Gasteiger partial charge is 0.251 e. The van der Waals surface area contributed by atoms with Gasteiger partial charge in [-0.2, -0.15) is 4.98 Å². The first-order chi connectivity index (χ1) is 12.8. The number of hydrogen-bond acceptors (Lipinski definition) is 6. The van der Waals surface area contributed by atoms with Crippen molar-refractivity contribution in [3.63, 3.8) is 0 Å². The van der Waals surface area contributed by atoms with Crippen molar-refractivity contribution in [3.05, 3.63) is 41.5 Å². The number of benzene rings is 1. The van der Waals surface area contributed by atoms with E-state index in [4.69, 9.17) is 9.26 Å². The van der Waals surface area contributed by atoms with Gasteiger partial charge in [0.05, 0.1) is 19.8 Å². The SMILES string of the molecule is O=C(NCc1noc(C2CCCC2)n1)c1ccc(N2CCOCC2)cc1. The fourth-order valence-corrected chi connectivity index (χ4v) is 3.58. The number of nitrogens with one attached hydrogen (secondary N) is 1. The summed E-state index contributed by atoms with van der Waals surface area (Å²) in [5, 5.41) is 6.84. The minimum atomic E-state index is -0.134. The van der Waals surface area contributed by atoms with Gasteiger partial charge in [-0.15, -0.1) is 0 Å². The van der Waals surface area contributed by atoms with Gasteiger partial charge in [-0.3, -0.25) is 4.79 Å². The van der Waals surface area contributed by atoms with Gasteiger partial charge in [-0.1, -0.05) is 18.0 Å². The zero-order chi connectivity index (χ0) is 17.8. The quantitative estimate of drug-likeness (QED) is 0.887. The predicted octanol–water partition coefficient (Wildman–Crippen LogP) is 2.49. The van der Waals surface area contributed by atoms with Crippen LogP contribution in [0.4, 0.5) is 5.69 Å². The van der Waals surface area contributed by atoms with E-state index in [0.717, 1.165) is 44.8 Å². The number of nitrogens with zero attached hydrogens (tertiary/aromatic N) is 3.